The summed E-state index contributed by atoms with van der Waals surface area (Å²) < 4.78 is 0. The first-order chi connectivity index (χ1) is 12.6. The summed E-state index contributed by atoms with van der Waals surface area (Å²) in [5.41, 5.74) is 4.19. The quantitative estimate of drug-likeness (QED) is 0.762. The van der Waals surface area contributed by atoms with Gasteiger partial charge in [0, 0.05) is 30.7 Å². The van der Waals surface area contributed by atoms with Gasteiger partial charge in [-0.05, 0) is 54.0 Å². The molecule has 1 aliphatic heterocycles. The van der Waals surface area contributed by atoms with Gasteiger partial charge in [0.25, 0.3) is 5.56 Å². The highest BCUT2D eigenvalue weighted by Crippen LogP contribution is 2.23. The summed E-state index contributed by atoms with van der Waals surface area (Å²) in [6.45, 7) is 4.82. The lowest BCUT2D eigenvalue weighted by Crippen LogP contribution is -2.35. The van der Waals surface area contributed by atoms with E-state index in [1.165, 1.54) is 5.56 Å². The van der Waals surface area contributed by atoms with E-state index in [0.717, 1.165) is 60.1 Å². The smallest absolute Gasteiger partial charge is 0.256 e. The Bertz CT molecular complexity index is 968. The summed E-state index contributed by atoms with van der Waals surface area (Å²) >= 11 is 0. The first kappa shape index (κ1) is 17.0. The van der Waals surface area contributed by atoms with Gasteiger partial charge in [0.15, 0.2) is 0 Å². The highest BCUT2D eigenvalue weighted by Gasteiger charge is 2.16. The molecule has 1 saturated heterocycles. The number of H-pyrrole nitrogens is 1. The zero-order valence-electron chi connectivity index (χ0n) is 15.0. The summed E-state index contributed by atoms with van der Waals surface area (Å²) in [5.74, 6) is 0. The Balaban J connectivity index is 1.58. The number of aromatic amines is 1. The zero-order valence-corrected chi connectivity index (χ0v) is 15.0. The number of fused-ring (bicyclic) bond motifs is 1. The number of hydrogen-bond acceptors (Lipinski definition) is 3. The topological polar surface area (TPSA) is 56.3 Å². The van der Waals surface area contributed by atoms with E-state index in [-0.39, 0.29) is 11.7 Å². The van der Waals surface area contributed by atoms with Crippen LogP contribution in [0.5, 0.6) is 0 Å². The van der Waals surface area contributed by atoms with E-state index in [2.05, 4.69) is 40.2 Å². The Morgan fingerprint density at radius 3 is 2.54 bits per heavy atom. The van der Waals surface area contributed by atoms with Gasteiger partial charge in [-0.25, -0.2) is 0 Å². The van der Waals surface area contributed by atoms with Gasteiger partial charge in [0.2, 0.25) is 0 Å². The van der Waals surface area contributed by atoms with E-state index >= 15 is 0 Å². The maximum atomic E-state index is 12.4. The molecule has 0 radical (unpaired) electrons. The third kappa shape index (κ3) is 3.43. The van der Waals surface area contributed by atoms with Crippen molar-refractivity contribution in [3.05, 3.63) is 70.0 Å². The van der Waals surface area contributed by atoms with Gasteiger partial charge in [-0.1, -0.05) is 36.4 Å². The molecule has 0 bridgehead atoms. The van der Waals surface area contributed by atoms with Crippen LogP contribution in [0, 0.1) is 6.92 Å². The Kier molecular flexibility index (Phi) is 4.62. The van der Waals surface area contributed by atoms with Crippen LogP contribution >= 0.6 is 0 Å². The molecule has 2 aromatic carbocycles. The van der Waals surface area contributed by atoms with Crippen LogP contribution in [-0.4, -0.2) is 34.2 Å². The monoisotopic (exact) mass is 348 g/mol. The molecule has 134 valence electrons. The van der Waals surface area contributed by atoms with Crippen molar-refractivity contribution in [3.63, 3.8) is 0 Å². The van der Waals surface area contributed by atoms with Gasteiger partial charge in [0.05, 0.1) is 6.10 Å². The molecule has 0 spiro atoms. The van der Waals surface area contributed by atoms with Crippen LogP contribution in [0.1, 0.15) is 24.0 Å². The van der Waals surface area contributed by atoms with Crippen molar-refractivity contribution in [2.75, 3.05) is 13.1 Å². The van der Waals surface area contributed by atoms with Crippen molar-refractivity contribution in [2.24, 2.45) is 0 Å². The fourth-order valence-electron chi connectivity index (χ4n) is 3.72. The normalized spacial score (nSPS) is 16.2. The van der Waals surface area contributed by atoms with Crippen LogP contribution in [0.4, 0.5) is 0 Å². The second-order valence-corrected chi connectivity index (χ2v) is 7.25. The van der Waals surface area contributed by atoms with E-state index in [1.54, 1.807) is 0 Å². The molecule has 1 aromatic heterocycles. The number of hydrogen-bond donors (Lipinski definition) is 2. The number of nitrogens with one attached hydrogen (secondary N) is 1. The molecule has 0 saturated carbocycles. The van der Waals surface area contributed by atoms with Crippen molar-refractivity contribution in [1.82, 2.24) is 9.88 Å². The lowest BCUT2D eigenvalue weighted by Gasteiger charge is -2.29. The maximum absolute atomic E-state index is 12.4. The van der Waals surface area contributed by atoms with Crippen molar-refractivity contribution in [2.45, 2.75) is 32.4 Å². The predicted molar refractivity (Wildman–Crippen MR) is 105 cm³/mol. The molecule has 1 aliphatic rings. The fraction of sp³-hybridized carbons (Fsp3) is 0.318. The van der Waals surface area contributed by atoms with Gasteiger partial charge < -0.3 is 10.1 Å². The lowest BCUT2D eigenvalue weighted by molar-refractivity contribution is 0.0792. The van der Waals surface area contributed by atoms with E-state index in [1.807, 2.05) is 25.1 Å². The standard InChI is InChI=1S/C22H24N2O2/c1-15-3-2-4-19-20(15)13-21(23-22(19)26)17-7-5-16(6-8-17)14-24-11-9-18(25)10-12-24/h2-8,13,18,25H,9-12,14H2,1H3,(H,23,26). The summed E-state index contributed by atoms with van der Waals surface area (Å²) in [6.07, 6.45) is 1.58. The summed E-state index contributed by atoms with van der Waals surface area (Å²) in [4.78, 5) is 17.8. The number of nitrogens with zero attached hydrogens (tertiary/aromatic N) is 1. The molecule has 0 amide bonds. The molecule has 3 aromatic rings. The van der Waals surface area contributed by atoms with Crippen molar-refractivity contribution < 1.29 is 5.11 Å². The summed E-state index contributed by atoms with van der Waals surface area (Å²) in [7, 11) is 0. The first-order valence-electron chi connectivity index (χ1n) is 9.22. The van der Waals surface area contributed by atoms with Gasteiger partial charge in [-0.2, -0.15) is 0 Å². The fourth-order valence-corrected chi connectivity index (χ4v) is 3.72. The SMILES string of the molecule is Cc1cccc2c(=O)[nH]c(-c3ccc(CN4CCC(O)CC4)cc3)cc12. The second kappa shape index (κ2) is 7.06. The van der Waals surface area contributed by atoms with Gasteiger partial charge in [0.1, 0.15) is 0 Å². The van der Waals surface area contributed by atoms with Gasteiger partial charge in [-0.15, -0.1) is 0 Å². The van der Waals surface area contributed by atoms with Crippen LogP contribution in [0.25, 0.3) is 22.0 Å². The highest BCUT2D eigenvalue weighted by molar-refractivity contribution is 5.87. The van der Waals surface area contributed by atoms with E-state index < -0.39 is 0 Å². The molecule has 4 nitrogen and oxygen atoms in total. The number of pyridine rings is 1. The minimum absolute atomic E-state index is 0.0443. The number of aliphatic hydroxyl groups is 1. The number of aryl methyl sites for hydroxylation is 1. The van der Waals surface area contributed by atoms with E-state index in [4.69, 9.17) is 0 Å². The van der Waals surface area contributed by atoms with Crippen LogP contribution in [0.2, 0.25) is 0 Å². The minimum atomic E-state index is -0.137. The molecule has 0 atom stereocenters. The highest BCUT2D eigenvalue weighted by atomic mass is 16.3. The average molecular weight is 348 g/mol. The van der Waals surface area contributed by atoms with Crippen LogP contribution in [-0.2, 0) is 6.54 Å². The number of likely N-dealkylation sites (tertiary alicyclic amines) is 1. The molecule has 1 fully saturated rings. The molecule has 2 heterocycles. The lowest BCUT2D eigenvalue weighted by atomic mass is 10.0. The van der Waals surface area contributed by atoms with E-state index in [9.17, 15) is 9.90 Å². The first-order valence-corrected chi connectivity index (χ1v) is 9.22. The van der Waals surface area contributed by atoms with Crippen molar-refractivity contribution in [3.8, 4) is 11.3 Å². The minimum Gasteiger partial charge on any atom is -0.393 e. The number of aliphatic hydroxyl groups excluding tert-OH is 1. The Morgan fingerprint density at radius 1 is 1.08 bits per heavy atom. The average Bonchev–Trinajstić information content (AvgIpc) is 2.65. The predicted octanol–water partition coefficient (Wildman–Crippen LogP) is 3.46. The van der Waals surface area contributed by atoms with Gasteiger partial charge >= 0.3 is 0 Å². The second-order valence-electron chi connectivity index (χ2n) is 7.25. The molecule has 26 heavy (non-hydrogen) atoms. The zero-order chi connectivity index (χ0) is 18.1. The molecule has 2 N–H and O–H groups in total. The summed E-state index contributed by atoms with van der Waals surface area (Å²) in [6, 6.07) is 16.3. The molecule has 0 aliphatic carbocycles. The third-order valence-electron chi connectivity index (χ3n) is 5.33. The van der Waals surface area contributed by atoms with Gasteiger partial charge in [-0.3, -0.25) is 9.69 Å². The molecule has 0 unspecified atom stereocenters. The van der Waals surface area contributed by atoms with Crippen molar-refractivity contribution in [1.29, 1.82) is 0 Å². The molecular weight excluding hydrogens is 324 g/mol. The van der Waals surface area contributed by atoms with Crippen LogP contribution < -0.4 is 5.56 Å². The molecule has 4 heteroatoms. The number of benzene rings is 2. The van der Waals surface area contributed by atoms with Crippen LogP contribution in [0.15, 0.2) is 53.3 Å². The molecule has 4 rings (SSSR count). The van der Waals surface area contributed by atoms with Crippen molar-refractivity contribution >= 4 is 10.8 Å². The molecular formula is C22H24N2O2. The Labute approximate surface area is 153 Å². The third-order valence-corrected chi connectivity index (χ3v) is 5.33. The number of rotatable bonds is 3. The number of piperidine rings is 1. The summed E-state index contributed by atoms with van der Waals surface area (Å²) in [5, 5.41) is 11.4. The Morgan fingerprint density at radius 2 is 1.81 bits per heavy atom. The van der Waals surface area contributed by atoms with E-state index in [0.29, 0.717) is 0 Å². The van der Waals surface area contributed by atoms with Crippen LogP contribution in [0.3, 0.4) is 0 Å². The number of aromatic nitrogens is 1. The Hall–Kier alpha value is -2.43. The largest absolute Gasteiger partial charge is 0.393 e. The maximum Gasteiger partial charge on any atom is 0.256 e.